The van der Waals surface area contributed by atoms with Gasteiger partial charge in [0.05, 0.1) is 16.3 Å². The lowest BCUT2D eigenvalue weighted by molar-refractivity contribution is -0.137. The summed E-state index contributed by atoms with van der Waals surface area (Å²) in [6, 6.07) is 1.98. The van der Waals surface area contributed by atoms with Gasteiger partial charge in [-0.2, -0.15) is 13.2 Å². The second kappa shape index (κ2) is 5.25. The maximum atomic E-state index is 12.3. The molecule has 1 aromatic carbocycles. The van der Waals surface area contributed by atoms with Crippen molar-refractivity contribution in [3.63, 3.8) is 0 Å². The number of carbonyl (C=O) groups is 1. The smallest absolute Gasteiger partial charge is 0.416 e. The Kier molecular flexibility index (Phi) is 4.31. The fourth-order valence-corrected chi connectivity index (χ4v) is 2.33. The van der Waals surface area contributed by atoms with Gasteiger partial charge in [-0.25, -0.2) is 8.42 Å². The summed E-state index contributed by atoms with van der Waals surface area (Å²) in [5.41, 5.74) is -1.37. The van der Waals surface area contributed by atoms with Crippen molar-refractivity contribution in [2.75, 3.05) is 10.5 Å². The highest BCUT2D eigenvalue weighted by atomic mass is 35.5. The molecular formula is C9H7ClF3NO4S. The molecule has 19 heavy (non-hydrogen) atoms. The Balaban J connectivity index is 3.02. The zero-order valence-electron chi connectivity index (χ0n) is 9.03. The second-order valence-electron chi connectivity index (χ2n) is 3.45. The SMILES string of the molecule is O=C(O)CS(=O)(=O)Nc1ccc(C(F)(F)F)cc1Cl. The molecule has 0 saturated carbocycles. The number of benzene rings is 1. The molecule has 1 aromatic rings. The van der Waals surface area contributed by atoms with Crippen LogP contribution in [-0.4, -0.2) is 25.2 Å². The minimum absolute atomic E-state index is 0.323. The normalized spacial score (nSPS) is 12.2. The van der Waals surface area contributed by atoms with E-state index >= 15 is 0 Å². The third-order valence-corrected chi connectivity index (χ3v) is 3.35. The van der Waals surface area contributed by atoms with E-state index in [2.05, 4.69) is 0 Å². The number of carboxylic acids is 1. The van der Waals surface area contributed by atoms with Crippen molar-refractivity contribution in [3.05, 3.63) is 28.8 Å². The number of aliphatic carboxylic acids is 1. The van der Waals surface area contributed by atoms with Crippen LogP contribution in [0.25, 0.3) is 0 Å². The Labute approximate surface area is 111 Å². The van der Waals surface area contributed by atoms with Gasteiger partial charge in [0.25, 0.3) is 0 Å². The number of carboxylic acid groups (broad SMARTS) is 1. The number of anilines is 1. The van der Waals surface area contributed by atoms with Crippen molar-refractivity contribution in [2.45, 2.75) is 6.18 Å². The second-order valence-corrected chi connectivity index (χ2v) is 5.58. The molecule has 0 amide bonds. The zero-order valence-corrected chi connectivity index (χ0v) is 10.6. The molecule has 0 bridgehead atoms. The number of hydrogen-bond donors (Lipinski definition) is 2. The average Bonchev–Trinajstić information content (AvgIpc) is 2.16. The fourth-order valence-electron chi connectivity index (χ4n) is 1.14. The highest BCUT2D eigenvalue weighted by Crippen LogP contribution is 2.33. The van der Waals surface area contributed by atoms with Crippen molar-refractivity contribution >= 4 is 33.3 Å². The van der Waals surface area contributed by atoms with Crippen LogP contribution in [0.1, 0.15) is 5.56 Å². The van der Waals surface area contributed by atoms with Crippen LogP contribution in [0.4, 0.5) is 18.9 Å². The molecule has 0 aliphatic carbocycles. The first-order chi connectivity index (χ1) is 8.51. The molecule has 0 spiro atoms. The minimum Gasteiger partial charge on any atom is -0.480 e. The molecule has 0 fully saturated rings. The number of nitrogens with one attached hydrogen (secondary N) is 1. The Bertz CT molecular complexity index is 600. The third-order valence-electron chi connectivity index (χ3n) is 1.88. The van der Waals surface area contributed by atoms with E-state index in [-0.39, 0.29) is 5.69 Å². The molecule has 0 radical (unpaired) electrons. The maximum Gasteiger partial charge on any atom is 0.416 e. The van der Waals surface area contributed by atoms with Gasteiger partial charge in [-0.1, -0.05) is 11.6 Å². The Morgan fingerprint density at radius 2 is 1.95 bits per heavy atom. The Morgan fingerprint density at radius 1 is 1.37 bits per heavy atom. The maximum absolute atomic E-state index is 12.3. The summed E-state index contributed by atoms with van der Waals surface area (Å²) in [6.07, 6.45) is -4.61. The lowest BCUT2D eigenvalue weighted by Crippen LogP contribution is -2.22. The van der Waals surface area contributed by atoms with Gasteiger partial charge < -0.3 is 5.11 Å². The first kappa shape index (κ1) is 15.6. The van der Waals surface area contributed by atoms with Gasteiger partial charge in [0.1, 0.15) is 0 Å². The van der Waals surface area contributed by atoms with E-state index in [1.807, 2.05) is 0 Å². The van der Waals surface area contributed by atoms with E-state index in [1.54, 1.807) is 4.72 Å². The summed E-state index contributed by atoms with van der Waals surface area (Å²) in [7, 11) is -4.22. The summed E-state index contributed by atoms with van der Waals surface area (Å²) in [4.78, 5) is 10.3. The lowest BCUT2D eigenvalue weighted by atomic mass is 10.2. The van der Waals surface area contributed by atoms with E-state index in [4.69, 9.17) is 16.7 Å². The standard InChI is InChI=1S/C9H7ClF3NO4S/c10-6-3-5(9(11,12)13)1-2-7(6)14-19(17,18)4-8(15)16/h1-3,14H,4H2,(H,15,16). The van der Waals surface area contributed by atoms with E-state index in [1.165, 1.54) is 0 Å². The van der Waals surface area contributed by atoms with Gasteiger partial charge in [-0.3, -0.25) is 9.52 Å². The van der Waals surface area contributed by atoms with Crippen molar-refractivity contribution in [1.82, 2.24) is 0 Å². The van der Waals surface area contributed by atoms with Crippen LogP contribution in [0, 0.1) is 0 Å². The minimum atomic E-state index is -4.61. The Hall–Kier alpha value is -1.48. The van der Waals surface area contributed by atoms with Crippen LogP contribution in [0.2, 0.25) is 5.02 Å². The highest BCUT2D eigenvalue weighted by Gasteiger charge is 2.31. The summed E-state index contributed by atoms with van der Waals surface area (Å²) in [6.45, 7) is 0. The molecule has 0 atom stereocenters. The molecule has 5 nitrogen and oxygen atoms in total. The van der Waals surface area contributed by atoms with Gasteiger partial charge >= 0.3 is 12.1 Å². The van der Waals surface area contributed by atoms with Crippen LogP contribution >= 0.6 is 11.6 Å². The number of sulfonamides is 1. The number of hydrogen-bond acceptors (Lipinski definition) is 3. The van der Waals surface area contributed by atoms with Crippen LogP contribution < -0.4 is 4.72 Å². The van der Waals surface area contributed by atoms with E-state index in [9.17, 15) is 26.4 Å². The van der Waals surface area contributed by atoms with Crippen LogP contribution in [0.15, 0.2) is 18.2 Å². The van der Waals surface area contributed by atoms with Crippen LogP contribution in [0.5, 0.6) is 0 Å². The lowest BCUT2D eigenvalue weighted by Gasteiger charge is -2.11. The molecule has 1 rings (SSSR count). The van der Waals surface area contributed by atoms with Gasteiger partial charge in [0.15, 0.2) is 5.75 Å². The molecular weight excluding hydrogens is 311 g/mol. The monoisotopic (exact) mass is 317 g/mol. The molecule has 0 aromatic heterocycles. The first-order valence-electron chi connectivity index (χ1n) is 4.60. The van der Waals surface area contributed by atoms with Gasteiger partial charge in [0, 0.05) is 0 Å². The summed E-state index contributed by atoms with van der Waals surface area (Å²) >= 11 is 5.50. The van der Waals surface area contributed by atoms with Gasteiger partial charge in [-0.15, -0.1) is 0 Å². The van der Waals surface area contributed by atoms with E-state index < -0.39 is 38.5 Å². The summed E-state index contributed by atoms with van der Waals surface area (Å²) < 4.78 is 61.3. The molecule has 10 heteroatoms. The van der Waals surface area contributed by atoms with Gasteiger partial charge in [-0.05, 0) is 18.2 Å². The summed E-state index contributed by atoms with van der Waals surface area (Å²) in [5.74, 6) is -2.82. The van der Waals surface area contributed by atoms with Crippen LogP contribution in [0.3, 0.4) is 0 Å². The van der Waals surface area contributed by atoms with Crippen molar-refractivity contribution < 1.29 is 31.5 Å². The molecule has 106 valence electrons. The number of halogens is 4. The van der Waals surface area contributed by atoms with Crippen molar-refractivity contribution in [1.29, 1.82) is 0 Å². The number of alkyl halides is 3. The van der Waals surface area contributed by atoms with Crippen LogP contribution in [-0.2, 0) is 21.0 Å². The highest BCUT2D eigenvalue weighted by molar-refractivity contribution is 7.93. The number of rotatable bonds is 4. The zero-order chi connectivity index (χ0) is 14.8. The topological polar surface area (TPSA) is 83.5 Å². The molecule has 0 heterocycles. The quantitative estimate of drug-likeness (QED) is 0.891. The first-order valence-corrected chi connectivity index (χ1v) is 6.63. The van der Waals surface area contributed by atoms with Crippen molar-refractivity contribution in [3.8, 4) is 0 Å². The van der Waals surface area contributed by atoms with E-state index in [0.717, 1.165) is 6.07 Å². The van der Waals surface area contributed by atoms with Gasteiger partial charge in [0.2, 0.25) is 10.0 Å². The predicted molar refractivity (Wildman–Crippen MR) is 61.5 cm³/mol. The molecule has 0 aliphatic heterocycles. The van der Waals surface area contributed by atoms with Crippen molar-refractivity contribution in [2.24, 2.45) is 0 Å². The largest absolute Gasteiger partial charge is 0.480 e. The third kappa shape index (κ3) is 4.60. The molecule has 0 aliphatic rings. The molecule has 2 N–H and O–H groups in total. The molecule has 0 saturated heterocycles. The Morgan fingerprint density at radius 3 is 2.37 bits per heavy atom. The predicted octanol–water partition coefficient (Wildman–Crippen LogP) is 2.19. The molecule has 0 unspecified atom stereocenters. The summed E-state index contributed by atoms with van der Waals surface area (Å²) in [5, 5.41) is 7.86. The average molecular weight is 318 g/mol. The fraction of sp³-hybridized carbons (Fsp3) is 0.222. The van der Waals surface area contributed by atoms with E-state index in [0.29, 0.717) is 12.1 Å².